The normalized spacial score (nSPS) is 9.67. The molecule has 1 aromatic carbocycles. The van der Waals surface area contributed by atoms with Crippen LogP contribution in [-0.4, -0.2) is 17.4 Å². The third-order valence-corrected chi connectivity index (χ3v) is 2.98. The second kappa shape index (κ2) is 6.55. The van der Waals surface area contributed by atoms with Crippen LogP contribution < -0.4 is 0 Å². The smallest absolute Gasteiger partial charge is 0.266 e. The molecule has 0 N–H and O–H groups in total. The second-order valence-corrected chi connectivity index (χ2v) is 5.73. The van der Waals surface area contributed by atoms with Crippen LogP contribution in [0.15, 0.2) is 28.4 Å². The van der Waals surface area contributed by atoms with Crippen molar-refractivity contribution in [2.75, 3.05) is 6.54 Å². The van der Waals surface area contributed by atoms with Crippen LogP contribution in [0.4, 0.5) is 0 Å². The zero-order valence-corrected chi connectivity index (χ0v) is 12.7. The maximum atomic E-state index is 12.2. The number of nitriles is 1. The van der Waals surface area contributed by atoms with Crippen molar-refractivity contribution in [1.82, 2.24) is 4.90 Å². The number of halogens is 1. The topological polar surface area (TPSA) is 44.1 Å². The Hall–Kier alpha value is -1.35. The number of rotatable bonds is 4. The van der Waals surface area contributed by atoms with E-state index in [1.807, 2.05) is 26.1 Å². The zero-order chi connectivity index (χ0) is 13.7. The molecular weight excluding hydrogens is 339 g/mol. The Morgan fingerprint density at radius 1 is 1.39 bits per heavy atom. The van der Waals surface area contributed by atoms with Gasteiger partial charge in [-0.2, -0.15) is 5.26 Å². The fraction of sp³-hybridized carbons (Fsp3) is 0.286. The summed E-state index contributed by atoms with van der Waals surface area (Å²) in [4.78, 5) is 13.3. The van der Waals surface area contributed by atoms with E-state index in [1.165, 1.54) is 4.90 Å². The summed E-state index contributed by atoms with van der Waals surface area (Å²) in [5.41, 5.74) is 2.61. The van der Waals surface area contributed by atoms with E-state index in [-0.39, 0.29) is 5.91 Å². The molecule has 0 aliphatic heterocycles. The number of nitrogens with zero attached hydrogens (tertiary/aromatic N) is 2. The molecule has 3 nitrogen and oxygen atoms in total. The number of carbonyl (C=O) groups excluding carboxylic acids is 1. The number of carbonyl (C=O) groups is 1. The van der Waals surface area contributed by atoms with E-state index in [0.717, 1.165) is 14.7 Å². The van der Waals surface area contributed by atoms with E-state index in [0.29, 0.717) is 18.5 Å². The lowest BCUT2D eigenvalue weighted by Gasteiger charge is -2.14. The Bertz CT molecular complexity index is 497. The summed E-state index contributed by atoms with van der Waals surface area (Å²) in [5.74, 6) is -0.248. The predicted octanol–water partition coefficient (Wildman–Crippen LogP) is 3.57. The summed E-state index contributed by atoms with van der Waals surface area (Å²) in [6.45, 7) is 8.02. The highest BCUT2D eigenvalue weighted by Crippen LogP contribution is 2.13. The molecule has 0 atom stereocenters. The van der Waals surface area contributed by atoms with E-state index in [9.17, 15) is 4.79 Å². The second-order valence-electron chi connectivity index (χ2n) is 4.20. The number of hydrogen-bond donors (Lipinski definition) is 0. The van der Waals surface area contributed by atoms with Crippen molar-refractivity contribution in [3.05, 3.63) is 45.0 Å². The fourth-order valence-corrected chi connectivity index (χ4v) is 1.93. The van der Waals surface area contributed by atoms with Crippen molar-refractivity contribution < 1.29 is 4.79 Å². The maximum Gasteiger partial charge on any atom is 0.266 e. The molecule has 0 radical (unpaired) electrons. The molecule has 4 heteroatoms. The van der Waals surface area contributed by atoms with E-state index in [2.05, 4.69) is 29.2 Å². The Morgan fingerprint density at radius 3 is 2.39 bits per heavy atom. The van der Waals surface area contributed by atoms with E-state index in [1.54, 1.807) is 12.1 Å². The van der Waals surface area contributed by atoms with Gasteiger partial charge in [0.05, 0.1) is 0 Å². The van der Waals surface area contributed by atoms with Crippen LogP contribution in [-0.2, 0) is 0 Å². The van der Waals surface area contributed by atoms with Crippen LogP contribution in [0.1, 0.15) is 27.9 Å². The van der Waals surface area contributed by atoms with Crippen LogP contribution in [0.3, 0.4) is 0 Å². The van der Waals surface area contributed by atoms with E-state index < -0.39 is 0 Å². The average molecular weight is 354 g/mol. The van der Waals surface area contributed by atoms with Gasteiger partial charge in [0.25, 0.3) is 5.91 Å². The van der Waals surface area contributed by atoms with Gasteiger partial charge in [-0.1, -0.05) is 23.8 Å². The summed E-state index contributed by atoms with van der Waals surface area (Å²) in [5, 5.41) is 9.03. The highest BCUT2D eigenvalue weighted by Gasteiger charge is 2.15. The molecule has 0 bridgehead atoms. The average Bonchev–Trinajstić information content (AvgIpc) is 2.27. The molecular formula is C14H15IN2O. The molecule has 0 spiro atoms. The highest BCUT2D eigenvalue weighted by molar-refractivity contribution is 14.1. The molecule has 0 heterocycles. The first-order valence-electron chi connectivity index (χ1n) is 5.57. The number of hydrogen-bond acceptors (Lipinski definition) is 2. The van der Waals surface area contributed by atoms with Gasteiger partial charge in [-0.05, 0) is 58.6 Å². The van der Waals surface area contributed by atoms with Gasteiger partial charge in [0.15, 0.2) is 6.19 Å². The van der Waals surface area contributed by atoms with Crippen LogP contribution in [0, 0.1) is 25.3 Å². The minimum absolute atomic E-state index is 0.248. The van der Waals surface area contributed by atoms with Gasteiger partial charge in [0.1, 0.15) is 0 Å². The molecule has 0 fully saturated rings. The lowest BCUT2D eigenvalue weighted by Crippen LogP contribution is -2.27. The fourth-order valence-electron chi connectivity index (χ4n) is 1.68. The van der Waals surface area contributed by atoms with Crippen LogP contribution >= 0.6 is 22.6 Å². The minimum atomic E-state index is -0.248. The zero-order valence-electron chi connectivity index (χ0n) is 10.5. The third-order valence-electron chi connectivity index (χ3n) is 2.44. The molecule has 94 valence electrons. The van der Waals surface area contributed by atoms with Gasteiger partial charge in [0, 0.05) is 12.1 Å². The molecule has 1 aromatic rings. The van der Waals surface area contributed by atoms with Gasteiger partial charge in [-0.3, -0.25) is 4.79 Å². The Balaban J connectivity index is 2.90. The third kappa shape index (κ3) is 4.15. The number of amides is 1. The Labute approximate surface area is 121 Å². The van der Waals surface area contributed by atoms with Crippen molar-refractivity contribution in [3.8, 4) is 6.19 Å². The summed E-state index contributed by atoms with van der Waals surface area (Å²) in [7, 11) is 0. The van der Waals surface area contributed by atoms with Crippen molar-refractivity contribution >= 4 is 28.5 Å². The Kier molecular flexibility index (Phi) is 5.35. The van der Waals surface area contributed by atoms with Gasteiger partial charge >= 0.3 is 0 Å². The highest BCUT2D eigenvalue weighted by atomic mass is 127. The van der Waals surface area contributed by atoms with Gasteiger partial charge in [-0.15, -0.1) is 0 Å². The van der Waals surface area contributed by atoms with Crippen LogP contribution in [0.2, 0.25) is 0 Å². The quantitative estimate of drug-likeness (QED) is 0.471. The molecule has 0 unspecified atom stereocenters. The summed E-state index contributed by atoms with van der Waals surface area (Å²) < 4.78 is 0.932. The largest absolute Gasteiger partial charge is 0.268 e. The van der Waals surface area contributed by atoms with Gasteiger partial charge in [-0.25, -0.2) is 4.90 Å². The molecule has 18 heavy (non-hydrogen) atoms. The lowest BCUT2D eigenvalue weighted by atomic mass is 10.1. The predicted molar refractivity (Wildman–Crippen MR) is 80.3 cm³/mol. The summed E-state index contributed by atoms with van der Waals surface area (Å²) >= 11 is 2.10. The van der Waals surface area contributed by atoms with Crippen LogP contribution in [0.25, 0.3) is 0 Å². The molecule has 1 rings (SSSR count). The molecule has 0 aromatic heterocycles. The van der Waals surface area contributed by atoms with E-state index >= 15 is 0 Å². The van der Waals surface area contributed by atoms with Gasteiger partial charge in [0.2, 0.25) is 0 Å². The first-order valence-corrected chi connectivity index (χ1v) is 6.65. The van der Waals surface area contributed by atoms with E-state index in [4.69, 9.17) is 5.26 Å². The van der Waals surface area contributed by atoms with Crippen molar-refractivity contribution in [2.24, 2.45) is 0 Å². The summed E-state index contributed by atoms with van der Waals surface area (Å²) in [6.07, 6.45) is 2.56. The monoisotopic (exact) mass is 354 g/mol. The molecule has 0 aliphatic rings. The minimum Gasteiger partial charge on any atom is -0.268 e. The van der Waals surface area contributed by atoms with Crippen LogP contribution in [0.5, 0.6) is 0 Å². The standard InChI is InChI=1S/C14H15IN2O/c1-10-6-11(2)8-13(7-10)14(18)17(9-16)5-4-12(3)15/h6-8H,3-5H2,1-2H3. The van der Waals surface area contributed by atoms with Crippen molar-refractivity contribution in [1.29, 1.82) is 5.26 Å². The number of aryl methyl sites for hydroxylation is 2. The summed E-state index contributed by atoms with van der Waals surface area (Å²) in [6, 6.07) is 5.61. The van der Waals surface area contributed by atoms with Crippen molar-refractivity contribution in [3.63, 3.8) is 0 Å². The lowest BCUT2D eigenvalue weighted by molar-refractivity contribution is 0.0834. The first-order chi connectivity index (χ1) is 8.43. The Morgan fingerprint density at radius 2 is 1.94 bits per heavy atom. The number of benzene rings is 1. The molecule has 0 aliphatic carbocycles. The SMILES string of the molecule is C=C(I)CCN(C#N)C(=O)c1cc(C)cc(C)c1. The molecule has 1 amide bonds. The molecule has 0 saturated heterocycles. The van der Waals surface area contributed by atoms with Crippen molar-refractivity contribution in [2.45, 2.75) is 20.3 Å². The first kappa shape index (κ1) is 14.7. The maximum absolute atomic E-state index is 12.2. The van der Waals surface area contributed by atoms with Gasteiger partial charge < -0.3 is 0 Å². The molecule has 0 saturated carbocycles.